The third-order valence-electron chi connectivity index (χ3n) is 5.83. The smallest absolute Gasteiger partial charge is 0.268 e. The molecule has 0 N–H and O–H groups in total. The Bertz CT molecular complexity index is 1380. The third-order valence-corrected chi connectivity index (χ3v) is 6.96. The van der Waals surface area contributed by atoms with E-state index in [1.807, 2.05) is 61.5 Å². The molecule has 0 radical (unpaired) electrons. The van der Waals surface area contributed by atoms with E-state index < -0.39 is 0 Å². The molecule has 32 heavy (non-hydrogen) atoms. The fourth-order valence-corrected chi connectivity index (χ4v) is 5.48. The highest BCUT2D eigenvalue weighted by Gasteiger charge is 2.40. The molecule has 4 aromatic carbocycles. The number of imide groups is 1. The molecule has 0 aromatic heterocycles. The van der Waals surface area contributed by atoms with Crippen molar-refractivity contribution in [2.75, 3.05) is 9.80 Å². The summed E-state index contributed by atoms with van der Waals surface area (Å²) in [5.41, 5.74) is 5.18. The third kappa shape index (κ3) is 2.71. The quantitative estimate of drug-likeness (QED) is 0.289. The molecule has 5 heteroatoms. The van der Waals surface area contributed by atoms with Gasteiger partial charge in [-0.15, -0.1) is 0 Å². The first-order chi connectivity index (χ1) is 15.6. The maximum absolute atomic E-state index is 13.7. The van der Waals surface area contributed by atoms with Gasteiger partial charge in [0.15, 0.2) is 0 Å². The zero-order chi connectivity index (χ0) is 21.8. The Balaban J connectivity index is 1.57. The maximum atomic E-state index is 13.7. The molecule has 2 aliphatic rings. The summed E-state index contributed by atoms with van der Waals surface area (Å²) in [6.07, 6.45) is 0. The van der Waals surface area contributed by atoms with Crippen molar-refractivity contribution in [2.45, 2.75) is 16.7 Å². The molecule has 2 heterocycles. The Kier molecular flexibility index (Phi) is 4.20. The number of fused-ring (bicyclic) bond motifs is 3. The van der Waals surface area contributed by atoms with Crippen LogP contribution in [0.1, 0.15) is 26.3 Å². The minimum Gasteiger partial charge on any atom is -0.307 e. The number of hydrogen-bond acceptors (Lipinski definition) is 4. The van der Waals surface area contributed by atoms with Crippen molar-refractivity contribution in [1.82, 2.24) is 0 Å². The number of para-hydroxylation sites is 2. The normalized spacial score (nSPS) is 14.3. The van der Waals surface area contributed by atoms with Crippen molar-refractivity contribution in [2.24, 2.45) is 0 Å². The van der Waals surface area contributed by atoms with Crippen molar-refractivity contribution >= 4 is 46.3 Å². The first kappa shape index (κ1) is 18.9. The monoisotopic (exact) mass is 434 g/mol. The van der Waals surface area contributed by atoms with Crippen LogP contribution in [0.25, 0.3) is 0 Å². The number of anilines is 4. The van der Waals surface area contributed by atoms with Gasteiger partial charge < -0.3 is 4.90 Å². The van der Waals surface area contributed by atoms with Gasteiger partial charge in [-0.05, 0) is 61.0 Å². The first-order valence-corrected chi connectivity index (χ1v) is 11.2. The van der Waals surface area contributed by atoms with Crippen LogP contribution in [-0.2, 0) is 0 Å². The van der Waals surface area contributed by atoms with E-state index in [2.05, 4.69) is 29.2 Å². The van der Waals surface area contributed by atoms with Gasteiger partial charge in [-0.3, -0.25) is 9.59 Å². The zero-order valence-corrected chi connectivity index (χ0v) is 18.1. The Hall–Kier alpha value is -3.83. The molecule has 4 aromatic rings. The summed E-state index contributed by atoms with van der Waals surface area (Å²) in [5, 5.41) is 0. The SMILES string of the molecule is Cc1cccc(N2C(=O)c3cccc(N4c5ccccc5Sc5ccccc54)c3C2=O)c1. The maximum Gasteiger partial charge on any atom is 0.268 e. The summed E-state index contributed by atoms with van der Waals surface area (Å²) in [4.78, 5) is 32.6. The van der Waals surface area contributed by atoms with Gasteiger partial charge in [-0.1, -0.05) is 54.2 Å². The van der Waals surface area contributed by atoms with Crippen LogP contribution in [0.4, 0.5) is 22.7 Å². The molecule has 4 nitrogen and oxygen atoms in total. The molecule has 0 spiro atoms. The lowest BCUT2D eigenvalue weighted by Crippen LogP contribution is -2.29. The second-order valence-electron chi connectivity index (χ2n) is 7.86. The Morgan fingerprint density at radius 2 is 1.25 bits per heavy atom. The van der Waals surface area contributed by atoms with Gasteiger partial charge in [0.05, 0.1) is 33.9 Å². The van der Waals surface area contributed by atoms with E-state index in [0.29, 0.717) is 16.8 Å². The van der Waals surface area contributed by atoms with E-state index in [9.17, 15) is 9.59 Å². The van der Waals surface area contributed by atoms with E-state index in [-0.39, 0.29) is 11.8 Å². The van der Waals surface area contributed by atoms with E-state index in [0.717, 1.165) is 32.4 Å². The van der Waals surface area contributed by atoms with Crippen LogP contribution in [0, 0.1) is 6.92 Å². The molecule has 0 aliphatic carbocycles. The molecule has 154 valence electrons. The van der Waals surface area contributed by atoms with Gasteiger partial charge in [0.2, 0.25) is 0 Å². The summed E-state index contributed by atoms with van der Waals surface area (Å²) >= 11 is 1.71. The van der Waals surface area contributed by atoms with Crippen LogP contribution in [0.2, 0.25) is 0 Å². The minimum absolute atomic E-state index is 0.287. The van der Waals surface area contributed by atoms with Crippen molar-refractivity contribution in [3.05, 3.63) is 108 Å². The standard InChI is InChI=1S/C27H18N2O2S/c1-17-8-6-9-18(16-17)28-26(30)19-10-7-13-22(25(19)27(28)31)29-20-11-2-4-14-23(20)32-24-15-5-3-12-21(24)29/h2-16H,1H3. The number of nitrogens with zero attached hydrogens (tertiary/aromatic N) is 2. The highest BCUT2D eigenvalue weighted by Crippen LogP contribution is 2.52. The van der Waals surface area contributed by atoms with E-state index in [4.69, 9.17) is 0 Å². The molecule has 0 fully saturated rings. The molecular formula is C27H18N2O2S. The highest BCUT2D eigenvalue weighted by atomic mass is 32.2. The highest BCUT2D eigenvalue weighted by molar-refractivity contribution is 7.99. The van der Waals surface area contributed by atoms with Gasteiger partial charge in [-0.25, -0.2) is 4.90 Å². The summed E-state index contributed by atoms with van der Waals surface area (Å²) in [5.74, 6) is -0.579. The van der Waals surface area contributed by atoms with Crippen LogP contribution in [-0.4, -0.2) is 11.8 Å². The lowest BCUT2D eigenvalue weighted by Gasteiger charge is -2.33. The number of aryl methyl sites for hydroxylation is 1. The van der Waals surface area contributed by atoms with Crippen LogP contribution in [0.15, 0.2) is 101 Å². The van der Waals surface area contributed by atoms with E-state index in [1.165, 1.54) is 4.90 Å². The summed E-state index contributed by atoms with van der Waals surface area (Å²) in [7, 11) is 0. The molecule has 2 aliphatic heterocycles. The fraction of sp³-hybridized carbons (Fsp3) is 0.0370. The molecule has 0 bridgehead atoms. The van der Waals surface area contributed by atoms with Crippen LogP contribution >= 0.6 is 11.8 Å². The Morgan fingerprint density at radius 3 is 1.94 bits per heavy atom. The lowest BCUT2D eigenvalue weighted by molar-refractivity contribution is 0.0926. The lowest BCUT2D eigenvalue weighted by atomic mass is 10.0. The van der Waals surface area contributed by atoms with Crippen LogP contribution in [0.3, 0.4) is 0 Å². The average molecular weight is 435 g/mol. The van der Waals surface area contributed by atoms with Gasteiger partial charge in [-0.2, -0.15) is 0 Å². The van der Waals surface area contributed by atoms with Crippen molar-refractivity contribution < 1.29 is 9.59 Å². The summed E-state index contributed by atoms with van der Waals surface area (Å²) < 4.78 is 0. The molecule has 0 saturated heterocycles. The van der Waals surface area contributed by atoms with Crippen molar-refractivity contribution in [1.29, 1.82) is 0 Å². The summed E-state index contributed by atoms with van der Waals surface area (Å²) in [6.45, 7) is 1.95. The number of amides is 2. The largest absolute Gasteiger partial charge is 0.307 e. The molecule has 0 saturated carbocycles. The predicted molar refractivity (Wildman–Crippen MR) is 128 cm³/mol. The zero-order valence-electron chi connectivity index (χ0n) is 17.3. The number of carbonyl (C=O) groups is 2. The van der Waals surface area contributed by atoms with E-state index in [1.54, 1.807) is 23.9 Å². The first-order valence-electron chi connectivity index (χ1n) is 10.4. The molecular weight excluding hydrogens is 416 g/mol. The number of hydrogen-bond donors (Lipinski definition) is 0. The van der Waals surface area contributed by atoms with E-state index >= 15 is 0 Å². The molecule has 2 amide bonds. The Morgan fingerprint density at radius 1 is 0.625 bits per heavy atom. The average Bonchev–Trinajstić information content (AvgIpc) is 3.07. The second-order valence-corrected chi connectivity index (χ2v) is 8.94. The van der Waals surface area contributed by atoms with Gasteiger partial charge in [0.1, 0.15) is 0 Å². The predicted octanol–water partition coefficient (Wildman–Crippen LogP) is 6.73. The fourth-order valence-electron chi connectivity index (χ4n) is 4.42. The second kappa shape index (κ2) is 7.11. The van der Waals surface area contributed by atoms with Gasteiger partial charge >= 0.3 is 0 Å². The number of benzene rings is 4. The van der Waals surface area contributed by atoms with Crippen LogP contribution < -0.4 is 9.80 Å². The number of rotatable bonds is 2. The minimum atomic E-state index is -0.292. The molecule has 0 unspecified atom stereocenters. The van der Waals surface area contributed by atoms with Crippen molar-refractivity contribution in [3.8, 4) is 0 Å². The molecule has 0 atom stereocenters. The summed E-state index contributed by atoms with van der Waals surface area (Å²) in [6, 6.07) is 29.3. The van der Waals surface area contributed by atoms with Crippen molar-refractivity contribution in [3.63, 3.8) is 0 Å². The van der Waals surface area contributed by atoms with Gasteiger partial charge in [0.25, 0.3) is 11.8 Å². The topological polar surface area (TPSA) is 40.6 Å². The Labute approximate surface area is 190 Å². The van der Waals surface area contributed by atoms with Crippen LogP contribution in [0.5, 0.6) is 0 Å². The van der Waals surface area contributed by atoms with Gasteiger partial charge in [0, 0.05) is 9.79 Å². The number of carbonyl (C=O) groups excluding carboxylic acids is 2. The molecule has 6 rings (SSSR count).